The van der Waals surface area contributed by atoms with Crippen LogP contribution in [0, 0.1) is 6.92 Å². The number of anilines is 1. The minimum Gasteiger partial charge on any atom is -0.455 e. The lowest BCUT2D eigenvalue weighted by Gasteiger charge is -2.41. The maximum atomic E-state index is 13.0. The summed E-state index contributed by atoms with van der Waals surface area (Å²) >= 11 is 0. The molecular weight excluding hydrogens is 338 g/mol. The Kier molecular flexibility index (Phi) is 5.21. The van der Waals surface area contributed by atoms with Crippen LogP contribution in [0.4, 0.5) is 5.69 Å². The van der Waals surface area contributed by atoms with E-state index in [-0.39, 0.29) is 11.9 Å². The first kappa shape index (κ1) is 18.1. The van der Waals surface area contributed by atoms with Crippen LogP contribution in [0.2, 0.25) is 0 Å². The van der Waals surface area contributed by atoms with Crippen LogP contribution in [0.15, 0.2) is 40.8 Å². The van der Waals surface area contributed by atoms with E-state index in [1.807, 2.05) is 17.0 Å². The molecular formula is C22H29N3O2. The molecule has 1 aromatic carbocycles. The highest BCUT2D eigenvalue weighted by molar-refractivity contribution is 5.92. The summed E-state index contributed by atoms with van der Waals surface area (Å²) in [6, 6.07) is 12.4. The first-order valence-electron chi connectivity index (χ1n) is 10.0. The van der Waals surface area contributed by atoms with Gasteiger partial charge in [0.2, 0.25) is 0 Å². The number of hydrogen-bond donors (Lipinski definition) is 0. The van der Waals surface area contributed by atoms with Gasteiger partial charge in [-0.1, -0.05) is 18.2 Å². The SMILES string of the molecule is Cc1ccccc1N1CCN(C(=O)c2ccc(CN3CCCC3)o2)[C@H](C)C1. The topological polar surface area (TPSA) is 39.9 Å². The fourth-order valence-electron chi connectivity index (χ4n) is 4.28. The molecule has 0 N–H and O–H groups in total. The van der Waals surface area contributed by atoms with Gasteiger partial charge in [0.1, 0.15) is 5.76 Å². The van der Waals surface area contributed by atoms with Crippen LogP contribution in [0.5, 0.6) is 0 Å². The predicted molar refractivity (Wildman–Crippen MR) is 107 cm³/mol. The van der Waals surface area contributed by atoms with Crippen LogP contribution in [-0.2, 0) is 6.54 Å². The third-order valence-electron chi connectivity index (χ3n) is 5.80. The summed E-state index contributed by atoms with van der Waals surface area (Å²) in [6.45, 7) is 9.74. The molecule has 2 aliphatic heterocycles. The number of piperazine rings is 1. The molecule has 3 heterocycles. The highest BCUT2D eigenvalue weighted by Gasteiger charge is 2.30. The van der Waals surface area contributed by atoms with E-state index in [2.05, 4.69) is 47.9 Å². The lowest BCUT2D eigenvalue weighted by molar-refractivity contribution is 0.0638. The van der Waals surface area contributed by atoms with Crippen molar-refractivity contribution in [2.75, 3.05) is 37.6 Å². The van der Waals surface area contributed by atoms with E-state index < -0.39 is 0 Å². The lowest BCUT2D eigenvalue weighted by Crippen LogP contribution is -2.54. The molecule has 0 bridgehead atoms. The Morgan fingerprint density at radius 2 is 1.85 bits per heavy atom. The van der Waals surface area contributed by atoms with Gasteiger partial charge in [0.25, 0.3) is 5.91 Å². The van der Waals surface area contributed by atoms with Gasteiger partial charge in [-0.25, -0.2) is 0 Å². The number of amides is 1. The first-order valence-corrected chi connectivity index (χ1v) is 10.0. The van der Waals surface area contributed by atoms with Crippen molar-refractivity contribution >= 4 is 11.6 Å². The highest BCUT2D eigenvalue weighted by Crippen LogP contribution is 2.24. The van der Waals surface area contributed by atoms with Crippen LogP contribution in [0.1, 0.15) is 41.6 Å². The maximum absolute atomic E-state index is 13.0. The molecule has 0 aliphatic carbocycles. The van der Waals surface area contributed by atoms with Crippen LogP contribution < -0.4 is 4.90 Å². The molecule has 1 aromatic heterocycles. The van der Waals surface area contributed by atoms with E-state index in [0.29, 0.717) is 5.76 Å². The summed E-state index contributed by atoms with van der Waals surface area (Å²) in [5, 5.41) is 0. The van der Waals surface area contributed by atoms with E-state index in [1.54, 1.807) is 0 Å². The summed E-state index contributed by atoms with van der Waals surface area (Å²) in [4.78, 5) is 19.7. The first-order chi connectivity index (χ1) is 13.1. The Morgan fingerprint density at radius 1 is 1.07 bits per heavy atom. The minimum atomic E-state index is 0.0135. The molecule has 5 nitrogen and oxygen atoms in total. The number of carbonyl (C=O) groups is 1. The van der Waals surface area contributed by atoms with Gasteiger partial charge in [-0.3, -0.25) is 9.69 Å². The predicted octanol–water partition coefficient (Wildman–Crippen LogP) is 3.53. The van der Waals surface area contributed by atoms with Crippen molar-refractivity contribution in [3.8, 4) is 0 Å². The van der Waals surface area contributed by atoms with E-state index in [4.69, 9.17) is 4.42 Å². The molecule has 1 amide bonds. The summed E-state index contributed by atoms with van der Waals surface area (Å²) in [7, 11) is 0. The second kappa shape index (κ2) is 7.77. The van der Waals surface area contributed by atoms with Crippen LogP contribution in [-0.4, -0.2) is 54.5 Å². The molecule has 0 radical (unpaired) electrons. The van der Waals surface area contributed by atoms with Gasteiger partial charge in [0.05, 0.1) is 6.54 Å². The third-order valence-corrected chi connectivity index (χ3v) is 5.80. The summed E-state index contributed by atoms with van der Waals surface area (Å²) in [5.74, 6) is 1.38. The Bertz CT molecular complexity index is 794. The molecule has 0 unspecified atom stereocenters. The number of aryl methyl sites for hydroxylation is 1. The van der Waals surface area contributed by atoms with Crippen molar-refractivity contribution in [3.05, 3.63) is 53.5 Å². The molecule has 27 heavy (non-hydrogen) atoms. The number of hydrogen-bond acceptors (Lipinski definition) is 4. The van der Waals surface area contributed by atoms with Crippen molar-refractivity contribution in [2.45, 2.75) is 39.3 Å². The van der Waals surface area contributed by atoms with E-state index in [9.17, 15) is 4.79 Å². The normalized spacial score (nSPS) is 21.0. The molecule has 4 rings (SSSR count). The van der Waals surface area contributed by atoms with E-state index >= 15 is 0 Å². The molecule has 144 valence electrons. The van der Waals surface area contributed by atoms with Crippen LogP contribution >= 0.6 is 0 Å². The zero-order valence-corrected chi connectivity index (χ0v) is 16.4. The summed E-state index contributed by atoms with van der Waals surface area (Å²) in [6.07, 6.45) is 2.52. The molecule has 2 aliphatic rings. The summed E-state index contributed by atoms with van der Waals surface area (Å²) < 4.78 is 5.89. The van der Waals surface area contributed by atoms with Gasteiger partial charge in [-0.15, -0.1) is 0 Å². The standard InChI is InChI=1S/C22H29N3O2/c1-17-7-3-4-8-20(17)24-13-14-25(18(2)15-24)22(26)21-10-9-19(27-21)16-23-11-5-6-12-23/h3-4,7-10,18H,5-6,11-16H2,1-2H3/t18-/m1/s1. The molecule has 1 atom stereocenters. The fourth-order valence-corrected chi connectivity index (χ4v) is 4.28. The largest absolute Gasteiger partial charge is 0.455 e. The number of rotatable bonds is 4. The zero-order chi connectivity index (χ0) is 18.8. The van der Waals surface area contributed by atoms with Gasteiger partial charge in [-0.2, -0.15) is 0 Å². The van der Waals surface area contributed by atoms with E-state index in [0.717, 1.165) is 45.0 Å². The number of nitrogens with zero attached hydrogens (tertiary/aromatic N) is 3. The number of carbonyl (C=O) groups excluding carboxylic acids is 1. The molecule has 2 aromatic rings. The Hall–Kier alpha value is -2.27. The number of likely N-dealkylation sites (tertiary alicyclic amines) is 1. The van der Waals surface area contributed by atoms with Crippen LogP contribution in [0.3, 0.4) is 0 Å². The van der Waals surface area contributed by atoms with Crippen molar-refractivity contribution in [1.29, 1.82) is 0 Å². The number of para-hydroxylation sites is 1. The van der Waals surface area contributed by atoms with Gasteiger partial charge >= 0.3 is 0 Å². The Labute approximate surface area is 161 Å². The molecule has 2 fully saturated rings. The van der Waals surface area contributed by atoms with Gasteiger partial charge in [-0.05, 0) is 63.5 Å². The van der Waals surface area contributed by atoms with Gasteiger partial charge in [0, 0.05) is 31.4 Å². The fraction of sp³-hybridized carbons (Fsp3) is 0.500. The Morgan fingerprint density at radius 3 is 2.59 bits per heavy atom. The van der Waals surface area contributed by atoms with Crippen molar-refractivity contribution < 1.29 is 9.21 Å². The smallest absolute Gasteiger partial charge is 0.289 e. The number of benzene rings is 1. The highest BCUT2D eigenvalue weighted by atomic mass is 16.4. The van der Waals surface area contributed by atoms with Gasteiger partial charge < -0.3 is 14.2 Å². The molecule has 0 spiro atoms. The summed E-state index contributed by atoms with van der Waals surface area (Å²) in [5.41, 5.74) is 2.55. The van der Waals surface area contributed by atoms with Crippen molar-refractivity contribution in [2.24, 2.45) is 0 Å². The Balaban J connectivity index is 1.40. The zero-order valence-electron chi connectivity index (χ0n) is 16.4. The van der Waals surface area contributed by atoms with Gasteiger partial charge in [0.15, 0.2) is 5.76 Å². The monoisotopic (exact) mass is 367 g/mol. The lowest BCUT2D eigenvalue weighted by atomic mass is 10.1. The minimum absolute atomic E-state index is 0.0135. The second-order valence-corrected chi connectivity index (χ2v) is 7.83. The maximum Gasteiger partial charge on any atom is 0.289 e. The van der Waals surface area contributed by atoms with Crippen molar-refractivity contribution in [1.82, 2.24) is 9.80 Å². The second-order valence-electron chi connectivity index (χ2n) is 7.83. The molecule has 0 saturated carbocycles. The molecule has 2 saturated heterocycles. The number of furan rings is 1. The quantitative estimate of drug-likeness (QED) is 0.829. The van der Waals surface area contributed by atoms with E-state index in [1.165, 1.54) is 24.1 Å². The average molecular weight is 367 g/mol. The third kappa shape index (κ3) is 3.88. The molecule has 5 heteroatoms. The van der Waals surface area contributed by atoms with Crippen molar-refractivity contribution in [3.63, 3.8) is 0 Å². The van der Waals surface area contributed by atoms with Crippen LogP contribution in [0.25, 0.3) is 0 Å². The average Bonchev–Trinajstić information content (AvgIpc) is 3.34.